The number of hydrogen-bond acceptors (Lipinski definition) is 3. The van der Waals surface area contributed by atoms with Crippen LogP contribution in [-0.4, -0.2) is 42.1 Å². The average molecular weight is 439 g/mol. The van der Waals surface area contributed by atoms with Crippen LogP contribution in [0.25, 0.3) is 0 Å². The highest BCUT2D eigenvalue weighted by molar-refractivity contribution is 6.42. The third-order valence-electron chi connectivity index (χ3n) is 6.06. The van der Waals surface area contributed by atoms with Gasteiger partial charge in [0.05, 0.1) is 16.6 Å². The first-order valence-electron chi connectivity index (χ1n) is 10.5. The molecule has 0 spiro atoms. The van der Waals surface area contributed by atoms with Gasteiger partial charge in [0.15, 0.2) is 5.78 Å². The summed E-state index contributed by atoms with van der Waals surface area (Å²) in [6.07, 6.45) is 7.64. The first kappa shape index (κ1) is 22.1. The lowest BCUT2D eigenvalue weighted by Gasteiger charge is -2.31. The van der Waals surface area contributed by atoms with Crippen molar-refractivity contribution in [2.75, 3.05) is 19.6 Å². The van der Waals surface area contributed by atoms with Crippen molar-refractivity contribution in [1.29, 1.82) is 0 Å². The highest BCUT2D eigenvalue weighted by Gasteiger charge is 2.28. The average Bonchev–Trinajstić information content (AvgIpc) is 2.74. The molecule has 29 heavy (non-hydrogen) atoms. The first-order valence-corrected chi connectivity index (χ1v) is 11.2. The molecule has 3 rings (SSSR count). The fourth-order valence-electron chi connectivity index (χ4n) is 4.29. The Hall–Kier alpha value is -1.59. The molecule has 1 heterocycles. The molecule has 1 aromatic carbocycles. The zero-order chi connectivity index (χ0) is 20.8. The summed E-state index contributed by atoms with van der Waals surface area (Å²) in [6.45, 7) is 1.08. The van der Waals surface area contributed by atoms with Crippen LogP contribution in [0.4, 0.5) is 0 Å². The van der Waals surface area contributed by atoms with E-state index in [-0.39, 0.29) is 30.1 Å². The Balaban J connectivity index is 1.41. The molecule has 0 bridgehead atoms. The molecule has 1 aliphatic carbocycles. The third kappa shape index (κ3) is 6.19. The maximum Gasteiger partial charge on any atom is 0.241 e. The molecular formula is C22H28Cl2N2O3. The van der Waals surface area contributed by atoms with Gasteiger partial charge < -0.3 is 10.2 Å². The van der Waals surface area contributed by atoms with Crippen molar-refractivity contribution in [2.45, 2.75) is 51.4 Å². The summed E-state index contributed by atoms with van der Waals surface area (Å²) in [5, 5.41) is 3.57. The second kappa shape index (κ2) is 10.4. The molecule has 0 atom stereocenters. The summed E-state index contributed by atoms with van der Waals surface area (Å²) in [4.78, 5) is 38.9. The second-order valence-corrected chi connectivity index (χ2v) is 8.95. The van der Waals surface area contributed by atoms with Gasteiger partial charge >= 0.3 is 0 Å². The topological polar surface area (TPSA) is 66.5 Å². The highest BCUT2D eigenvalue weighted by atomic mass is 35.5. The molecule has 0 unspecified atom stereocenters. The molecule has 0 radical (unpaired) electrons. The number of carbonyl (C=O) groups is 3. The van der Waals surface area contributed by atoms with Gasteiger partial charge in [-0.2, -0.15) is 0 Å². The lowest BCUT2D eigenvalue weighted by molar-refractivity contribution is -0.134. The van der Waals surface area contributed by atoms with Crippen LogP contribution >= 0.6 is 23.2 Å². The number of halogens is 2. The molecule has 0 aromatic heterocycles. The Labute approximate surface area is 182 Å². The van der Waals surface area contributed by atoms with Gasteiger partial charge in [-0.3, -0.25) is 14.4 Å². The minimum Gasteiger partial charge on any atom is -0.347 e. The fraction of sp³-hybridized carbons (Fsp3) is 0.591. The number of nitrogens with zero attached hydrogens (tertiary/aromatic N) is 1. The summed E-state index contributed by atoms with van der Waals surface area (Å²) in [7, 11) is 0. The Kier molecular flexibility index (Phi) is 7.96. The predicted octanol–water partition coefficient (Wildman–Crippen LogP) is 4.50. The Morgan fingerprint density at radius 3 is 2.31 bits per heavy atom. The van der Waals surface area contributed by atoms with Crippen LogP contribution in [0.2, 0.25) is 10.0 Å². The standard InChI is InChI=1S/C22H28Cl2N2O3/c23-18-7-6-17(13-19(18)24)22(29)16-8-10-26(11-9-16)21(28)14-25-20(27)12-15-4-2-1-3-5-15/h6-7,13,15-16H,1-5,8-12,14H2,(H,25,27). The number of amides is 2. The third-order valence-corrected chi connectivity index (χ3v) is 6.80. The number of benzene rings is 1. The van der Waals surface area contributed by atoms with Crippen LogP contribution < -0.4 is 5.32 Å². The summed E-state index contributed by atoms with van der Waals surface area (Å²) in [5.41, 5.74) is 0.555. The molecule has 2 fully saturated rings. The van der Waals surface area contributed by atoms with Crippen molar-refractivity contribution in [3.8, 4) is 0 Å². The van der Waals surface area contributed by atoms with Crippen molar-refractivity contribution >= 4 is 40.8 Å². The molecule has 1 aromatic rings. The van der Waals surface area contributed by atoms with Gasteiger partial charge in [-0.05, 0) is 49.8 Å². The van der Waals surface area contributed by atoms with E-state index in [1.165, 1.54) is 19.3 Å². The van der Waals surface area contributed by atoms with Crippen LogP contribution in [0.5, 0.6) is 0 Å². The zero-order valence-electron chi connectivity index (χ0n) is 16.6. The number of hydrogen-bond donors (Lipinski definition) is 1. The molecule has 1 saturated heterocycles. The molecule has 2 amide bonds. The number of Topliss-reactive ketones (excluding diaryl/α,β-unsaturated/α-hetero) is 1. The lowest BCUT2D eigenvalue weighted by atomic mass is 9.87. The van der Waals surface area contributed by atoms with Crippen molar-refractivity contribution in [3.63, 3.8) is 0 Å². The maximum atomic E-state index is 12.7. The van der Waals surface area contributed by atoms with Gasteiger partial charge in [-0.1, -0.05) is 42.5 Å². The lowest BCUT2D eigenvalue weighted by Crippen LogP contribution is -2.45. The SMILES string of the molecule is O=C(CC1CCCCC1)NCC(=O)N1CCC(C(=O)c2ccc(Cl)c(Cl)c2)CC1. The molecule has 2 aliphatic rings. The zero-order valence-corrected chi connectivity index (χ0v) is 18.1. The maximum absolute atomic E-state index is 12.7. The number of piperidine rings is 1. The van der Waals surface area contributed by atoms with Crippen LogP contribution in [0.3, 0.4) is 0 Å². The Morgan fingerprint density at radius 1 is 0.966 bits per heavy atom. The van der Waals surface area contributed by atoms with Gasteiger partial charge in [0.25, 0.3) is 0 Å². The van der Waals surface area contributed by atoms with Gasteiger partial charge in [-0.15, -0.1) is 0 Å². The summed E-state index contributed by atoms with van der Waals surface area (Å²) in [5.74, 6) is 0.257. The number of rotatable bonds is 6. The van der Waals surface area contributed by atoms with Gasteiger partial charge in [-0.25, -0.2) is 0 Å². The predicted molar refractivity (Wildman–Crippen MR) is 114 cm³/mol. The molecule has 1 saturated carbocycles. The first-order chi connectivity index (χ1) is 13.9. The number of nitrogens with one attached hydrogen (secondary N) is 1. The van der Waals surface area contributed by atoms with Crippen molar-refractivity contribution in [3.05, 3.63) is 33.8 Å². The van der Waals surface area contributed by atoms with Crippen LogP contribution in [0, 0.1) is 11.8 Å². The van der Waals surface area contributed by atoms with Crippen LogP contribution in [-0.2, 0) is 9.59 Å². The minimum atomic E-state index is -0.128. The highest BCUT2D eigenvalue weighted by Crippen LogP contribution is 2.27. The van der Waals surface area contributed by atoms with E-state index in [2.05, 4.69) is 5.32 Å². The molecule has 7 heteroatoms. The van der Waals surface area contributed by atoms with E-state index in [0.717, 1.165) is 12.8 Å². The number of likely N-dealkylation sites (tertiary alicyclic amines) is 1. The summed E-state index contributed by atoms with van der Waals surface area (Å²) in [6, 6.07) is 4.92. The van der Waals surface area contributed by atoms with Crippen LogP contribution in [0.1, 0.15) is 61.7 Å². The van der Waals surface area contributed by atoms with E-state index in [1.54, 1.807) is 23.1 Å². The number of carbonyl (C=O) groups excluding carboxylic acids is 3. The molecule has 5 nitrogen and oxygen atoms in total. The van der Waals surface area contributed by atoms with Crippen LogP contribution in [0.15, 0.2) is 18.2 Å². The molecule has 1 N–H and O–H groups in total. The number of ketones is 1. The van der Waals surface area contributed by atoms with Crippen molar-refractivity contribution < 1.29 is 14.4 Å². The monoisotopic (exact) mass is 438 g/mol. The quantitative estimate of drug-likeness (QED) is 0.664. The van der Waals surface area contributed by atoms with E-state index in [0.29, 0.717) is 53.9 Å². The Morgan fingerprint density at radius 2 is 1.66 bits per heavy atom. The van der Waals surface area contributed by atoms with Gasteiger partial charge in [0, 0.05) is 31.0 Å². The van der Waals surface area contributed by atoms with E-state index in [4.69, 9.17) is 23.2 Å². The fourth-order valence-corrected chi connectivity index (χ4v) is 4.59. The van der Waals surface area contributed by atoms with Gasteiger partial charge in [0.2, 0.25) is 11.8 Å². The van der Waals surface area contributed by atoms with E-state index in [9.17, 15) is 14.4 Å². The molecule has 158 valence electrons. The van der Waals surface area contributed by atoms with Crippen molar-refractivity contribution in [2.24, 2.45) is 11.8 Å². The largest absolute Gasteiger partial charge is 0.347 e. The van der Waals surface area contributed by atoms with Crippen molar-refractivity contribution in [1.82, 2.24) is 10.2 Å². The molecular weight excluding hydrogens is 411 g/mol. The van der Waals surface area contributed by atoms with E-state index in [1.807, 2.05) is 0 Å². The summed E-state index contributed by atoms with van der Waals surface area (Å²) < 4.78 is 0. The minimum absolute atomic E-state index is 0.0325. The Bertz CT molecular complexity index is 754. The van der Waals surface area contributed by atoms with E-state index < -0.39 is 0 Å². The van der Waals surface area contributed by atoms with E-state index >= 15 is 0 Å². The molecule has 1 aliphatic heterocycles. The normalized spacial score (nSPS) is 18.5. The second-order valence-electron chi connectivity index (χ2n) is 8.13. The smallest absolute Gasteiger partial charge is 0.241 e. The summed E-state index contributed by atoms with van der Waals surface area (Å²) >= 11 is 11.9. The van der Waals surface area contributed by atoms with Gasteiger partial charge in [0.1, 0.15) is 0 Å².